The third-order valence-corrected chi connectivity index (χ3v) is 4.68. The highest BCUT2D eigenvalue weighted by atomic mass is 19.4. The maximum absolute atomic E-state index is 13.3. The predicted molar refractivity (Wildman–Crippen MR) is 84.8 cm³/mol. The molecule has 0 aliphatic carbocycles. The molecule has 32 heavy (non-hydrogen) atoms. The summed E-state index contributed by atoms with van der Waals surface area (Å²) in [4.78, 5) is 0. The van der Waals surface area contributed by atoms with Gasteiger partial charge >= 0.3 is 24.7 Å². The summed E-state index contributed by atoms with van der Waals surface area (Å²) in [7, 11) is 0. The summed E-state index contributed by atoms with van der Waals surface area (Å²) in [5, 5.41) is 16.5. The highest BCUT2D eigenvalue weighted by Crippen LogP contribution is 2.56. The van der Waals surface area contributed by atoms with Crippen LogP contribution in [-0.2, 0) is 11.2 Å². The van der Waals surface area contributed by atoms with E-state index in [0.717, 1.165) is 0 Å². The number of fused-ring (bicyclic) bond motifs is 1. The number of nitrogens with two attached hydrogens (primary N) is 2. The van der Waals surface area contributed by atoms with Gasteiger partial charge in [-0.15, -0.1) is 0 Å². The molecule has 0 unspecified atom stereocenters. The highest BCUT2D eigenvalue weighted by Gasteiger charge is 2.73. The zero-order valence-electron chi connectivity index (χ0n) is 14.9. The van der Waals surface area contributed by atoms with Crippen LogP contribution < -0.4 is 11.5 Å². The van der Waals surface area contributed by atoms with Crippen LogP contribution in [0.15, 0.2) is 24.3 Å². The van der Waals surface area contributed by atoms with Crippen LogP contribution in [0, 0.1) is 0 Å². The van der Waals surface area contributed by atoms with Gasteiger partial charge in [0.15, 0.2) is 0 Å². The second-order valence-electron chi connectivity index (χ2n) is 6.56. The Morgan fingerprint density at radius 3 is 1.25 bits per heavy atom. The van der Waals surface area contributed by atoms with Gasteiger partial charge in [-0.1, -0.05) is 18.2 Å². The van der Waals surface area contributed by atoms with Gasteiger partial charge in [0.25, 0.3) is 11.2 Å². The Kier molecular flexibility index (Phi) is 5.56. The predicted octanol–water partition coefficient (Wildman–Crippen LogP) is 4.63. The van der Waals surface area contributed by atoms with E-state index in [1.807, 2.05) is 0 Å². The molecule has 180 valence electrons. The normalized spacial score (nSPS) is 14.8. The van der Waals surface area contributed by atoms with Crippen molar-refractivity contribution in [2.45, 2.75) is 35.9 Å². The summed E-state index contributed by atoms with van der Waals surface area (Å²) in [5.41, 5.74) is -8.20. The van der Waals surface area contributed by atoms with Crippen molar-refractivity contribution in [2.75, 3.05) is 11.5 Å². The minimum atomic E-state index is -6.56. The van der Waals surface area contributed by atoms with E-state index in [9.17, 15) is 62.9 Å². The van der Waals surface area contributed by atoms with Gasteiger partial charge in [0, 0.05) is 33.3 Å². The average molecular weight is 490 g/mol. The topological polar surface area (TPSA) is 92.5 Å². The zero-order valence-corrected chi connectivity index (χ0v) is 14.9. The van der Waals surface area contributed by atoms with Gasteiger partial charge in [-0.2, -0.15) is 52.7 Å². The first-order valence-electron chi connectivity index (χ1n) is 7.86. The van der Waals surface area contributed by atoms with E-state index in [4.69, 9.17) is 11.5 Å². The molecule has 2 aromatic rings. The molecule has 0 fully saturated rings. The van der Waals surface area contributed by atoms with Crippen molar-refractivity contribution in [1.82, 2.24) is 0 Å². The van der Waals surface area contributed by atoms with Crippen molar-refractivity contribution >= 4 is 22.1 Å². The van der Waals surface area contributed by atoms with Crippen LogP contribution in [0.2, 0.25) is 0 Å². The molecule has 0 bridgehead atoms. The van der Waals surface area contributed by atoms with Gasteiger partial charge in [-0.3, -0.25) is 0 Å². The van der Waals surface area contributed by atoms with Crippen LogP contribution in [0.1, 0.15) is 11.1 Å². The van der Waals surface area contributed by atoms with E-state index in [2.05, 4.69) is 0 Å². The molecule has 0 aliphatic rings. The number of hydrogen-bond acceptors (Lipinski definition) is 4. The molecule has 4 nitrogen and oxygen atoms in total. The Morgan fingerprint density at radius 1 is 0.531 bits per heavy atom. The van der Waals surface area contributed by atoms with Crippen molar-refractivity contribution in [3.63, 3.8) is 0 Å². The Balaban J connectivity index is 3.16. The molecule has 0 heterocycles. The first-order chi connectivity index (χ1) is 14.0. The second-order valence-corrected chi connectivity index (χ2v) is 6.56. The Bertz CT molecular complexity index is 1010. The number of nitrogen functional groups attached to an aromatic ring is 2. The molecule has 0 atom stereocenters. The lowest BCUT2D eigenvalue weighted by atomic mass is 9.82. The van der Waals surface area contributed by atoms with Crippen LogP contribution in [0.3, 0.4) is 0 Å². The molecular weight excluding hydrogens is 480 g/mol. The highest BCUT2D eigenvalue weighted by molar-refractivity contribution is 6.04. The molecule has 0 amide bonds. The minimum Gasteiger partial charge on any atom is -0.398 e. The second kappa shape index (κ2) is 6.94. The molecule has 16 heteroatoms. The van der Waals surface area contributed by atoms with Gasteiger partial charge in [-0.25, -0.2) is 0 Å². The third-order valence-electron chi connectivity index (χ3n) is 4.68. The van der Waals surface area contributed by atoms with Crippen molar-refractivity contribution < 1.29 is 62.9 Å². The van der Waals surface area contributed by atoms with Crippen molar-refractivity contribution in [1.29, 1.82) is 0 Å². The Hall–Kier alpha value is -2.62. The number of alkyl halides is 12. The maximum atomic E-state index is 13.3. The number of anilines is 2. The van der Waals surface area contributed by atoms with E-state index in [1.165, 1.54) is 0 Å². The Labute approximate surface area is 169 Å². The van der Waals surface area contributed by atoms with Crippen molar-refractivity contribution in [3.8, 4) is 0 Å². The maximum Gasteiger partial charge on any atom is 0.430 e. The van der Waals surface area contributed by atoms with Gasteiger partial charge in [0.05, 0.1) is 0 Å². The fourth-order valence-electron chi connectivity index (χ4n) is 3.05. The summed E-state index contributed by atoms with van der Waals surface area (Å²) in [5.74, 6) is 0. The zero-order chi connectivity index (χ0) is 25.3. The first-order valence-corrected chi connectivity index (χ1v) is 7.86. The average Bonchev–Trinajstić information content (AvgIpc) is 2.57. The largest absolute Gasteiger partial charge is 0.430 e. The molecule has 0 saturated carbocycles. The summed E-state index contributed by atoms with van der Waals surface area (Å²) >= 11 is 0. The molecule has 0 aliphatic heterocycles. The lowest BCUT2D eigenvalue weighted by Crippen LogP contribution is -2.55. The SMILES string of the molecule is Nc1ccc(C(O)(C(F)(F)F)C(F)(F)F)c2c(N)c(C(O)(C(F)(F)F)C(F)(F)F)ccc12. The van der Waals surface area contributed by atoms with Crippen LogP contribution in [0.25, 0.3) is 10.8 Å². The summed E-state index contributed by atoms with van der Waals surface area (Å²) < 4.78 is 159. The molecule has 0 radical (unpaired) electrons. The summed E-state index contributed by atoms with van der Waals surface area (Å²) in [6, 6.07) is 0.409. The van der Waals surface area contributed by atoms with Gasteiger partial charge in [0.2, 0.25) is 0 Å². The summed E-state index contributed by atoms with van der Waals surface area (Å²) in [6.45, 7) is 0. The van der Waals surface area contributed by atoms with Crippen molar-refractivity contribution in [3.05, 3.63) is 35.4 Å². The van der Waals surface area contributed by atoms with Crippen molar-refractivity contribution in [2.24, 2.45) is 0 Å². The quantitative estimate of drug-likeness (QED) is 0.365. The van der Waals surface area contributed by atoms with E-state index < -0.39 is 69.2 Å². The van der Waals surface area contributed by atoms with E-state index in [-0.39, 0.29) is 18.2 Å². The lowest BCUT2D eigenvalue weighted by molar-refractivity contribution is -0.376. The molecule has 2 aromatic carbocycles. The fraction of sp³-hybridized carbons (Fsp3) is 0.375. The van der Waals surface area contributed by atoms with E-state index in [1.54, 1.807) is 0 Å². The third kappa shape index (κ3) is 3.35. The van der Waals surface area contributed by atoms with Crippen LogP contribution in [0.5, 0.6) is 0 Å². The van der Waals surface area contributed by atoms with Crippen LogP contribution in [-0.4, -0.2) is 34.9 Å². The number of hydrogen-bond donors (Lipinski definition) is 4. The fourth-order valence-corrected chi connectivity index (χ4v) is 3.05. The molecule has 0 saturated heterocycles. The minimum absolute atomic E-state index is 0.0982. The van der Waals surface area contributed by atoms with E-state index >= 15 is 0 Å². The smallest absolute Gasteiger partial charge is 0.398 e. The lowest BCUT2D eigenvalue weighted by Gasteiger charge is -2.36. The molecule has 6 N–H and O–H groups in total. The van der Waals surface area contributed by atoms with Gasteiger partial charge in [-0.05, 0) is 6.07 Å². The molecule has 0 aromatic heterocycles. The van der Waals surface area contributed by atoms with E-state index in [0.29, 0.717) is 6.07 Å². The number of halogens is 12. The van der Waals surface area contributed by atoms with Crippen LogP contribution >= 0.6 is 0 Å². The molecular formula is C16H10F12N2O2. The molecule has 0 spiro atoms. The molecule has 2 rings (SSSR count). The number of rotatable bonds is 2. The first kappa shape index (κ1) is 25.6. The standard InChI is InChI=1S/C16H10F12N2O2/c17-13(18,19)11(31,14(20,21)22)6-3-4-8(29)5-1-2-7(10(30)9(5)6)12(32,15(23,24)25)16(26,27)28/h1-4,31-32H,29-30H2. The number of benzene rings is 2. The Morgan fingerprint density at radius 2 is 0.875 bits per heavy atom. The van der Waals surface area contributed by atoms with Crippen LogP contribution in [0.4, 0.5) is 64.1 Å². The van der Waals surface area contributed by atoms with Gasteiger partial charge in [0.1, 0.15) is 0 Å². The summed E-state index contributed by atoms with van der Waals surface area (Å²) in [6.07, 6.45) is -26.2. The monoisotopic (exact) mass is 490 g/mol. The van der Waals surface area contributed by atoms with Gasteiger partial charge < -0.3 is 21.7 Å². The number of aliphatic hydroxyl groups is 2.